The van der Waals surface area contributed by atoms with Crippen LogP contribution in [0.4, 0.5) is 17.1 Å². The molecule has 0 aliphatic heterocycles. The average molecular weight is 690 g/mol. The van der Waals surface area contributed by atoms with Crippen LogP contribution in [-0.4, -0.2) is 22.2 Å². The molecule has 0 aromatic heterocycles. The first-order chi connectivity index (χ1) is 25.8. The summed E-state index contributed by atoms with van der Waals surface area (Å²) in [7, 11) is 0. The van der Waals surface area contributed by atoms with Gasteiger partial charge in [-0.15, -0.1) is 0 Å². The van der Waals surface area contributed by atoms with Crippen molar-refractivity contribution in [1.29, 1.82) is 10.5 Å². The first kappa shape index (κ1) is 35.1. The summed E-state index contributed by atoms with van der Waals surface area (Å²) in [5.74, 6) is -2.51. The van der Waals surface area contributed by atoms with Crippen molar-refractivity contribution in [2.24, 2.45) is 0 Å². The van der Waals surface area contributed by atoms with E-state index in [0.29, 0.717) is 11.1 Å². The Bertz CT molecular complexity index is 2360. The number of rotatable bonds is 11. The fraction of sp³-hybridized carbons (Fsp3) is 0. The van der Waals surface area contributed by atoms with Crippen LogP contribution in [0.5, 0.6) is 0 Å². The zero-order valence-electron chi connectivity index (χ0n) is 28.3. The van der Waals surface area contributed by atoms with E-state index in [0.717, 1.165) is 50.1 Å². The normalized spacial score (nSPS) is 11.7. The first-order valence-electron chi connectivity index (χ1n) is 16.6. The molecule has 0 spiro atoms. The molecule has 6 rings (SSSR count). The Labute approximate surface area is 306 Å². The number of carbonyl (C=O) groups is 2. The zero-order chi connectivity index (χ0) is 37.2. The number of anilines is 3. The minimum atomic E-state index is -1.25. The fourth-order valence-electron chi connectivity index (χ4n) is 5.64. The van der Waals surface area contributed by atoms with E-state index in [-0.39, 0.29) is 11.1 Å². The van der Waals surface area contributed by atoms with Crippen LogP contribution < -0.4 is 4.90 Å². The highest BCUT2D eigenvalue weighted by Gasteiger charge is 2.13. The third kappa shape index (κ3) is 8.90. The Morgan fingerprint density at radius 2 is 0.792 bits per heavy atom. The number of carboxylic acids is 2. The van der Waals surface area contributed by atoms with Crippen LogP contribution in [0.25, 0.3) is 47.2 Å². The van der Waals surface area contributed by atoms with Gasteiger partial charge in [-0.1, -0.05) is 127 Å². The number of nitriles is 2. The minimum Gasteiger partial charge on any atom is -0.477 e. The van der Waals surface area contributed by atoms with Crippen LogP contribution in [-0.2, 0) is 9.59 Å². The molecule has 0 fully saturated rings. The van der Waals surface area contributed by atoms with Gasteiger partial charge in [0.1, 0.15) is 23.3 Å². The summed E-state index contributed by atoms with van der Waals surface area (Å²) >= 11 is 0. The number of aliphatic carboxylic acids is 2. The molecule has 0 aliphatic rings. The lowest BCUT2D eigenvalue weighted by molar-refractivity contribution is -0.133. The van der Waals surface area contributed by atoms with Crippen molar-refractivity contribution >= 4 is 76.2 Å². The van der Waals surface area contributed by atoms with Crippen LogP contribution in [0.15, 0.2) is 151 Å². The summed E-state index contributed by atoms with van der Waals surface area (Å²) in [6.45, 7) is 0. The van der Waals surface area contributed by atoms with E-state index in [9.17, 15) is 9.59 Å². The van der Waals surface area contributed by atoms with Gasteiger partial charge in [0.25, 0.3) is 0 Å². The second-order valence-corrected chi connectivity index (χ2v) is 12.0. The van der Waals surface area contributed by atoms with E-state index in [1.807, 2.05) is 60.7 Å². The Morgan fingerprint density at radius 3 is 1.17 bits per heavy atom. The largest absolute Gasteiger partial charge is 0.477 e. The number of nitrogens with zero attached hydrogens (tertiary/aromatic N) is 3. The van der Waals surface area contributed by atoms with Gasteiger partial charge in [-0.05, 0) is 92.7 Å². The fourth-order valence-corrected chi connectivity index (χ4v) is 5.64. The van der Waals surface area contributed by atoms with Gasteiger partial charge in [0, 0.05) is 17.1 Å². The molecular weight excluding hydrogens is 659 g/mol. The Morgan fingerprint density at radius 1 is 0.453 bits per heavy atom. The van der Waals surface area contributed by atoms with Gasteiger partial charge in [-0.25, -0.2) is 9.59 Å². The predicted octanol–water partition coefficient (Wildman–Crippen LogP) is 10.6. The topological polar surface area (TPSA) is 125 Å². The van der Waals surface area contributed by atoms with Crippen LogP contribution in [0, 0.1) is 22.7 Å². The molecule has 7 heteroatoms. The second kappa shape index (κ2) is 16.3. The summed E-state index contributed by atoms with van der Waals surface area (Å²) < 4.78 is 0. The summed E-state index contributed by atoms with van der Waals surface area (Å²) in [6.07, 6.45) is 10.7. The molecule has 254 valence electrons. The molecule has 6 aromatic carbocycles. The summed E-state index contributed by atoms with van der Waals surface area (Å²) in [5.41, 5.74) is 7.52. The smallest absolute Gasteiger partial charge is 0.346 e. The standard InChI is InChI=1S/C46H31N3O4/c47-30-40(45(50)51)27-36-13-9-32(10-14-36)5-7-34-17-22-42(23-18-34)49(44-26-21-38-3-1-2-4-39(38)29-44)43-24-19-35(20-25-43)8-6-33-11-15-37(16-12-33)28-41(31-48)46(52)53/h1-29H,(H,50,51)(H,52,53)/b7-5+,8-6+,40-27+,41-28+. The monoisotopic (exact) mass is 689 g/mol. The number of hydrogen-bond donors (Lipinski definition) is 2. The molecule has 0 heterocycles. The van der Waals surface area contributed by atoms with Gasteiger partial charge in [0.15, 0.2) is 0 Å². The molecule has 0 aliphatic carbocycles. The molecule has 7 nitrogen and oxygen atoms in total. The minimum absolute atomic E-state index is 0.315. The van der Waals surface area contributed by atoms with E-state index in [2.05, 4.69) is 83.8 Å². The maximum atomic E-state index is 11.1. The van der Waals surface area contributed by atoms with Crippen molar-refractivity contribution in [2.75, 3.05) is 4.90 Å². The van der Waals surface area contributed by atoms with Gasteiger partial charge in [-0.3, -0.25) is 0 Å². The number of hydrogen-bond acceptors (Lipinski definition) is 5. The van der Waals surface area contributed by atoms with Crippen molar-refractivity contribution < 1.29 is 19.8 Å². The quantitative estimate of drug-likeness (QED) is 0.0787. The molecule has 53 heavy (non-hydrogen) atoms. The third-order valence-corrected chi connectivity index (χ3v) is 8.43. The Kier molecular flexibility index (Phi) is 10.8. The average Bonchev–Trinajstić information content (AvgIpc) is 3.19. The lowest BCUT2D eigenvalue weighted by Crippen LogP contribution is -2.09. The van der Waals surface area contributed by atoms with Crippen molar-refractivity contribution in [3.05, 3.63) is 184 Å². The van der Waals surface area contributed by atoms with Gasteiger partial charge < -0.3 is 15.1 Å². The van der Waals surface area contributed by atoms with E-state index < -0.39 is 11.9 Å². The predicted molar refractivity (Wildman–Crippen MR) is 212 cm³/mol. The molecule has 0 amide bonds. The van der Waals surface area contributed by atoms with Crippen LogP contribution in [0.3, 0.4) is 0 Å². The molecule has 0 atom stereocenters. The van der Waals surface area contributed by atoms with Crippen molar-refractivity contribution in [1.82, 2.24) is 0 Å². The highest BCUT2D eigenvalue weighted by Crippen LogP contribution is 2.36. The number of carboxylic acid groups (broad SMARTS) is 2. The maximum Gasteiger partial charge on any atom is 0.346 e. The van der Waals surface area contributed by atoms with Gasteiger partial charge in [0.2, 0.25) is 0 Å². The van der Waals surface area contributed by atoms with Crippen molar-refractivity contribution in [3.63, 3.8) is 0 Å². The lowest BCUT2D eigenvalue weighted by Gasteiger charge is -2.26. The lowest BCUT2D eigenvalue weighted by atomic mass is 10.1. The van der Waals surface area contributed by atoms with E-state index in [1.54, 1.807) is 36.4 Å². The van der Waals surface area contributed by atoms with Crippen molar-refractivity contribution in [3.8, 4) is 12.1 Å². The molecular formula is C46H31N3O4. The molecule has 0 saturated carbocycles. The number of benzene rings is 6. The van der Waals surface area contributed by atoms with Crippen LogP contribution in [0.2, 0.25) is 0 Å². The molecule has 0 saturated heterocycles. The van der Waals surface area contributed by atoms with E-state index in [4.69, 9.17) is 20.7 Å². The SMILES string of the molecule is N#C/C(=C\c1ccc(/C=C/c2ccc(N(c3ccc(/C=C/c4ccc(/C=C(\C#N)C(=O)O)cc4)cc3)c3ccc4ccccc4c3)cc2)cc1)C(=O)O. The highest BCUT2D eigenvalue weighted by atomic mass is 16.4. The first-order valence-corrected chi connectivity index (χ1v) is 16.6. The van der Waals surface area contributed by atoms with Crippen LogP contribution >= 0.6 is 0 Å². The zero-order valence-corrected chi connectivity index (χ0v) is 28.3. The van der Waals surface area contributed by atoms with E-state index in [1.165, 1.54) is 12.2 Å². The molecule has 2 N–H and O–H groups in total. The molecule has 6 aromatic rings. The molecule has 0 bridgehead atoms. The second-order valence-electron chi connectivity index (χ2n) is 12.0. The van der Waals surface area contributed by atoms with Gasteiger partial charge >= 0.3 is 11.9 Å². The number of fused-ring (bicyclic) bond motifs is 1. The molecule has 0 unspecified atom stereocenters. The van der Waals surface area contributed by atoms with E-state index >= 15 is 0 Å². The Hall–Kier alpha value is -7.74. The third-order valence-electron chi connectivity index (χ3n) is 8.43. The Balaban J connectivity index is 1.23. The molecule has 0 radical (unpaired) electrons. The van der Waals surface area contributed by atoms with Crippen LogP contribution in [0.1, 0.15) is 33.4 Å². The summed E-state index contributed by atoms with van der Waals surface area (Å²) in [6, 6.07) is 49.3. The van der Waals surface area contributed by atoms with Crippen molar-refractivity contribution in [2.45, 2.75) is 0 Å². The van der Waals surface area contributed by atoms with Gasteiger partial charge in [-0.2, -0.15) is 10.5 Å². The van der Waals surface area contributed by atoms with Gasteiger partial charge in [0.05, 0.1) is 0 Å². The maximum absolute atomic E-state index is 11.1. The highest BCUT2D eigenvalue weighted by molar-refractivity contribution is 5.97. The summed E-state index contributed by atoms with van der Waals surface area (Å²) in [4.78, 5) is 24.5. The summed E-state index contributed by atoms with van der Waals surface area (Å²) in [5, 5.41) is 38.5.